The van der Waals surface area contributed by atoms with E-state index in [1.54, 1.807) is 0 Å². The SMILES string of the molecule is CCNC(c1ccn(CC(=O)OC)c1)C1CC1. The summed E-state index contributed by atoms with van der Waals surface area (Å²) in [6.45, 7) is 3.39. The van der Waals surface area contributed by atoms with Gasteiger partial charge in [-0.3, -0.25) is 4.79 Å². The second kappa shape index (κ2) is 5.36. The maximum Gasteiger partial charge on any atom is 0.325 e. The molecule has 0 aromatic carbocycles. The lowest BCUT2D eigenvalue weighted by Gasteiger charge is -2.15. The van der Waals surface area contributed by atoms with Crippen molar-refractivity contribution in [3.05, 3.63) is 24.0 Å². The molecule has 4 heteroatoms. The number of methoxy groups -OCH3 is 1. The standard InChI is InChI=1S/C13H20N2O2/c1-3-14-13(10-4-5-10)11-6-7-15(8-11)9-12(16)17-2/h6-8,10,13-14H,3-5,9H2,1-2H3. The predicted molar refractivity (Wildman–Crippen MR) is 65.6 cm³/mol. The van der Waals surface area contributed by atoms with Crippen LogP contribution in [-0.4, -0.2) is 24.2 Å². The number of hydrogen-bond acceptors (Lipinski definition) is 3. The van der Waals surface area contributed by atoms with Crippen molar-refractivity contribution in [1.82, 2.24) is 9.88 Å². The number of nitrogens with zero attached hydrogens (tertiary/aromatic N) is 1. The van der Waals surface area contributed by atoms with Crippen LogP contribution in [0.5, 0.6) is 0 Å². The Morgan fingerprint density at radius 1 is 1.65 bits per heavy atom. The first-order chi connectivity index (χ1) is 8.24. The Hall–Kier alpha value is -1.29. The zero-order valence-electron chi connectivity index (χ0n) is 10.5. The van der Waals surface area contributed by atoms with Gasteiger partial charge in [0.1, 0.15) is 6.54 Å². The first kappa shape index (κ1) is 12.2. The lowest BCUT2D eigenvalue weighted by molar-refractivity contribution is -0.141. The molecule has 1 aromatic rings. The Morgan fingerprint density at radius 2 is 2.41 bits per heavy atom. The minimum Gasteiger partial charge on any atom is -0.468 e. The van der Waals surface area contributed by atoms with Crippen molar-refractivity contribution in [3.63, 3.8) is 0 Å². The summed E-state index contributed by atoms with van der Waals surface area (Å²) in [5.74, 6) is 0.558. The Morgan fingerprint density at radius 3 is 3.00 bits per heavy atom. The summed E-state index contributed by atoms with van der Waals surface area (Å²) in [6, 6.07) is 2.54. The van der Waals surface area contributed by atoms with Gasteiger partial charge in [0, 0.05) is 18.4 Å². The summed E-state index contributed by atoms with van der Waals surface area (Å²) in [7, 11) is 1.42. The molecule has 1 aliphatic carbocycles. The molecule has 1 N–H and O–H groups in total. The monoisotopic (exact) mass is 236 g/mol. The number of carbonyl (C=O) groups excluding carboxylic acids is 1. The molecule has 4 nitrogen and oxygen atoms in total. The second-order valence-electron chi connectivity index (χ2n) is 4.57. The molecule has 0 aliphatic heterocycles. The van der Waals surface area contributed by atoms with Crippen LogP contribution in [0.25, 0.3) is 0 Å². The van der Waals surface area contributed by atoms with Gasteiger partial charge < -0.3 is 14.6 Å². The minimum atomic E-state index is -0.210. The van der Waals surface area contributed by atoms with Crippen LogP contribution in [-0.2, 0) is 16.1 Å². The summed E-state index contributed by atoms with van der Waals surface area (Å²) < 4.78 is 6.54. The molecule has 0 bridgehead atoms. The fourth-order valence-corrected chi connectivity index (χ4v) is 2.16. The van der Waals surface area contributed by atoms with Crippen molar-refractivity contribution in [1.29, 1.82) is 0 Å². The van der Waals surface area contributed by atoms with Gasteiger partial charge in [-0.25, -0.2) is 0 Å². The number of rotatable bonds is 6. The molecule has 1 aromatic heterocycles. The van der Waals surface area contributed by atoms with E-state index in [4.69, 9.17) is 0 Å². The van der Waals surface area contributed by atoms with Gasteiger partial charge >= 0.3 is 5.97 Å². The molecule has 0 radical (unpaired) electrons. The van der Waals surface area contributed by atoms with E-state index in [0.29, 0.717) is 12.6 Å². The highest BCUT2D eigenvalue weighted by atomic mass is 16.5. The summed E-state index contributed by atoms with van der Waals surface area (Å²) in [6.07, 6.45) is 6.60. The first-order valence-electron chi connectivity index (χ1n) is 6.20. The van der Waals surface area contributed by atoms with Crippen molar-refractivity contribution in [2.45, 2.75) is 32.4 Å². The van der Waals surface area contributed by atoms with E-state index in [1.165, 1.54) is 25.5 Å². The van der Waals surface area contributed by atoms with Crippen LogP contribution in [0, 0.1) is 5.92 Å². The van der Waals surface area contributed by atoms with E-state index in [1.807, 2.05) is 17.0 Å². The molecule has 94 valence electrons. The van der Waals surface area contributed by atoms with E-state index in [9.17, 15) is 4.79 Å². The molecule has 2 rings (SSSR count). The largest absolute Gasteiger partial charge is 0.468 e. The molecule has 0 saturated heterocycles. The maximum atomic E-state index is 11.2. The smallest absolute Gasteiger partial charge is 0.325 e. The van der Waals surface area contributed by atoms with Crippen LogP contribution in [0.3, 0.4) is 0 Å². The molecule has 1 fully saturated rings. The van der Waals surface area contributed by atoms with Crippen LogP contribution in [0.1, 0.15) is 31.4 Å². The lowest BCUT2D eigenvalue weighted by atomic mass is 10.1. The quantitative estimate of drug-likeness (QED) is 0.765. The molecule has 0 spiro atoms. The van der Waals surface area contributed by atoms with Crippen molar-refractivity contribution in [3.8, 4) is 0 Å². The van der Waals surface area contributed by atoms with Gasteiger partial charge in [-0.15, -0.1) is 0 Å². The fraction of sp³-hybridized carbons (Fsp3) is 0.615. The molecule has 1 heterocycles. The van der Waals surface area contributed by atoms with Gasteiger partial charge in [0.15, 0.2) is 0 Å². The third kappa shape index (κ3) is 3.09. The molecule has 1 aliphatic rings. The molecule has 17 heavy (non-hydrogen) atoms. The minimum absolute atomic E-state index is 0.210. The predicted octanol–water partition coefficient (Wildman–Crippen LogP) is 1.72. The van der Waals surface area contributed by atoms with E-state index < -0.39 is 0 Å². The third-order valence-electron chi connectivity index (χ3n) is 3.19. The highest BCUT2D eigenvalue weighted by molar-refractivity contribution is 5.68. The van der Waals surface area contributed by atoms with Gasteiger partial charge in [-0.05, 0) is 36.9 Å². The number of ether oxygens (including phenoxy) is 1. The summed E-state index contributed by atoms with van der Waals surface area (Å²) in [5.41, 5.74) is 1.28. The van der Waals surface area contributed by atoms with Gasteiger partial charge in [0.25, 0.3) is 0 Å². The van der Waals surface area contributed by atoms with Crippen LogP contribution >= 0.6 is 0 Å². The lowest BCUT2D eigenvalue weighted by Crippen LogP contribution is -2.22. The summed E-state index contributed by atoms with van der Waals surface area (Å²) >= 11 is 0. The Bertz CT molecular complexity index is 383. The second-order valence-corrected chi connectivity index (χ2v) is 4.57. The topological polar surface area (TPSA) is 43.3 Å². The van der Waals surface area contributed by atoms with Crippen molar-refractivity contribution < 1.29 is 9.53 Å². The van der Waals surface area contributed by atoms with Crippen LogP contribution in [0.15, 0.2) is 18.5 Å². The number of esters is 1. The molecular formula is C13H20N2O2. The van der Waals surface area contributed by atoms with Crippen molar-refractivity contribution in [2.24, 2.45) is 5.92 Å². The van der Waals surface area contributed by atoms with Gasteiger partial charge in [0.05, 0.1) is 7.11 Å². The maximum absolute atomic E-state index is 11.2. The van der Waals surface area contributed by atoms with E-state index >= 15 is 0 Å². The molecular weight excluding hydrogens is 216 g/mol. The molecule has 1 saturated carbocycles. The number of hydrogen-bond donors (Lipinski definition) is 1. The molecule has 0 amide bonds. The van der Waals surface area contributed by atoms with Crippen LogP contribution in [0.2, 0.25) is 0 Å². The number of nitrogens with one attached hydrogen (secondary N) is 1. The highest BCUT2D eigenvalue weighted by Gasteiger charge is 2.32. The van der Waals surface area contributed by atoms with E-state index in [0.717, 1.165) is 12.5 Å². The number of carbonyl (C=O) groups is 1. The van der Waals surface area contributed by atoms with Gasteiger partial charge in [-0.1, -0.05) is 6.92 Å². The van der Waals surface area contributed by atoms with Crippen molar-refractivity contribution in [2.75, 3.05) is 13.7 Å². The average molecular weight is 236 g/mol. The van der Waals surface area contributed by atoms with E-state index in [-0.39, 0.29) is 5.97 Å². The normalized spacial score (nSPS) is 16.8. The van der Waals surface area contributed by atoms with Crippen LogP contribution < -0.4 is 5.32 Å². The zero-order chi connectivity index (χ0) is 12.3. The highest BCUT2D eigenvalue weighted by Crippen LogP contribution is 2.40. The Balaban J connectivity index is 2.02. The number of aromatic nitrogens is 1. The van der Waals surface area contributed by atoms with Crippen LogP contribution in [0.4, 0.5) is 0 Å². The Labute approximate surface area is 102 Å². The first-order valence-corrected chi connectivity index (χ1v) is 6.20. The van der Waals surface area contributed by atoms with Gasteiger partial charge in [-0.2, -0.15) is 0 Å². The summed E-state index contributed by atoms with van der Waals surface area (Å²) in [4.78, 5) is 11.2. The summed E-state index contributed by atoms with van der Waals surface area (Å²) in [5, 5.41) is 3.51. The third-order valence-corrected chi connectivity index (χ3v) is 3.19. The average Bonchev–Trinajstić information content (AvgIpc) is 3.06. The van der Waals surface area contributed by atoms with Gasteiger partial charge in [0.2, 0.25) is 0 Å². The Kier molecular flexibility index (Phi) is 3.84. The fourth-order valence-electron chi connectivity index (χ4n) is 2.16. The van der Waals surface area contributed by atoms with E-state index in [2.05, 4.69) is 23.0 Å². The zero-order valence-corrected chi connectivity index (χ0v) is 10.5. The van der Waals surface area contributed by atoms with Crippen molar-refractivity contribution >= 4 is 5.97 Å². The molecule has 1 atom stereocenters. The molecule has 1 unspecified atom stereocenters.